The SMILES string of the molecule is O=C(CC1CC1)N1CC2(C1)[C@H](c1ccccc1)[C@@H](CO)N2Cc1cccc(F)c1. The lowest BCUT2D eigenvalue weighted by atomic mass is 9.60. The standard InChI is InChI=1S/C24H27FN2O2/c25-20-8-4-5-18(11-20)13-27-21(14-28)23(19-6-2-1-3-7-19)24(27)15-26(16-24)22(29)12-17-9-10-17/h1-8,11,17,21,23,28H,9-10,12-16H2/t21-,23-/m1/s1. The Morgan fingerprint density at radius 3 is 2.52 bits per heavy atom. The van der Waals surface area contributed by atoms with Gasteiger partial charge in [-0.2, -0.15) is 0 Å². The van der Waals surface area contributed by atoms with Gasteiger partial charge in [-0.1, -0.05) is 42.5 Å². The number of amides is 1. The molecule has 2 heterocycles. The van der Waals surface area contributed by atoms with Gasteiger partial charge in [0.1, 0.15) is 5.82 Å². The minimum atomic E-state index is -0.243. The van der Waals surface area contributed by atoms with Crippen LogP contribution in [0.3, 0.4) is 0 Å². The molecule has 4 nitrogen and oxygen atoms in total. The normalized spacial score (nSPS) is 25.5. The molecular weight excluding hydrogens is 367 g/mol. The molecule has 3 fully saturated rings. The molecule has 1 spiro atoms. The minimum Gasteiger partial charge on any atom is -0.395 e. The number of hydrogen-bond donors (Lipinski definition) is 1. The maximum absolute atomic E-state index is 13.7. The average molecular weight is 394 g/mol. The number of benzene rings is 2. The Morgan fingerprint density at radius 1 is 1.10 bits per heavy atom. The second-order valence-corrected chi connectivity index (χ2v) is 8.90. The lowest BCUT2D eigenvalue weighted by Crippen LogP contribution is -2.84. The van der Waals surface area contributed by atoms with Crippen molar-refractivity contribution in [3.8, 4) is 0 Å². The molecule has 2 aromatic carbocycles. The monoisotopic (exact) mass is 394 g/mol. The second-order valence-electron chi connectivity index (χ2n) is 8.90. The molecule has 0 bridgehead atoms. The van der Waals surface area contributed by atoms with E-state index in [-0.39, 0.29) is 35.8 Å². The van der Waals surface area contributed by atoms with Crippen LogP contribution < -0.4 is 0 Å². The summed E-state index contributed by atoms with van der Waals surface area (Å²) < 4.78 is 13.7. The molecule has 1 amide bonds. The Morgan fingerprint density at radius 2 is 1.86 bits per heavy atom. The molecule has 2 aliphatic heterocycles. The highest BCUT2D eigenvalue weighted by atomic mass is 19.1. The summed E-state index contributed by atoms with van der Waals surface area (Å²) >= 11 is 0. The van der Waals surface area contributed by atoms with Gasteiger partial charge in [0, 0.05) is 38.0 Å². The lowest BCUT2D eigenvalue weighted by molar-refractivity contribution is -0.200. The van der Waals surface area contributed by atoms with Crippen molar-refractivity contribution in [1.82, 2.24) is 9.80 Å². The number of rotatable bonds is 6. The molecule has 5 rings (SSSR count). The van der Waals surface area contributed by atoms with E-state index in [4.69, 9.17) is 0 Å². The molecule has 0 aromatic heterocycles. The quantitative estimate of drug-likeness (QED) is 0.819. The number of aliphatic hydroxyl groups is 1. The van der Waals surface area contributed by atoms with Gasteiger partial charge in [-0.15, -0.1) is 0 Å². The summed E-state index contributed by atoms with van der Waals surface area (Å²) in [6, 6.07) is 16.9. The van der Waals surface area contributed by atoms with Gasteiger partial charge in [0.15, 0.2) is 0 Å². The fourth-order valence-corrected chi connectivity index (χ4v) is 5.34. The van der Waals surface area contributed by atoms with Crippen LogP contribution in [0, 0.1) is 11.7 Å². The van der Waals surface area contributed by atoms with E-state index in [1.54, 1.807) is 12.1 Å². The van der Waals surface area contributed by atoms with Gasteiger partial charge >= 0.3 is 0 Å². The maximum atomic E-state index is 13.7. The molecule has 5 heteroatoms. The zero-order valence-electron chi connectivity index (χ0n) is 16.5. The Labute approximate surface area is 170 Å². The summed E-state index contributed by atoms with van der Waals surface area (Å²) in [7, 11) is 0. The fraction of sp³-hybridized carbons (Fsp3) is 0.458. The third kappa shape index (κ3) is 3.26. The smallest absolute Gasteiger partial charge is 0.222 e. The van der Waals surface area contributed by atoms with Crippen LogP contribution in [-0.4, -0.2) is 52.1 Å². The van der Waals surface area contributed by atoms with E-state index in [2.05, 4.69) is 17.0 Å². The largest absolute Gasteiger partial charge is 0.395 e. The van der Waals surface area contributed by atoms with E-state index in [0.717, 1.165) is 5.56 Å². The van der Waals surface area contributed by atoms with E-state index in [0.29, 0.717) is 32.0 Å². The molecule has 2 aromatic rings. The zero-order chi connectivity index (χ0) is 20.0. The summed E-state index contributed by atoms with van der Waals surface area (Å²) in [5, 5.41) is 10.2. The molecule has 1 saturated carbocycles. The highest BCUT2D eigenvalue weighted by Crippen LogP contribution is 2.54. The topological polar surface area (TPSA) is 43.8 Å². The first kappa shape index (κ1) is 18.8. The summed E-state index contributed by atoms with van der Waals surface area (Å²) in [4.78, 5) is 16.9. The van der Waals surface area contributed by atoms with Crippen molar-refractivity contribution >= 4 is 5.91 Å². The summed E-state index contributed by atoms with van der Waals surface area (Å²) in [6.45, 7) is 2.00. The Hall–Kier alpha value is -2.24. The van der Waals surface area contributed by atoms with Gasteiger partial charge in [-0.25, -0.2) is 4.39 Å². The maximum Gasteiger partial charge on any atom is 0.222 e. The third-order valence-electron chi connectivity index (χ3n) is 6.97. The molecule has 1 N–H and O–H groups in total. The van der Waals surface area contributed by atoms with Crippen molar-refractivity contribution in [3.05, 3.63) is 71.5 Å². The Bertz CT molecular complexity index is 893. The molecule has 1 aliphatic carbocycles. The van der Waals surface area contributed by atoms with Crippen LogP contribution in [0.5, 0.6) is 0 Å². The van der Waals surface area contributed by atoms with Crippen LogP contribution >= 0.6 is 0 Å². The van der Waals surface area contributed by atoms with Crippen molar-refractivity contribution in [1.29, 1.82) is 0 Å². The van der Waals surface area contributed by atoms with E-state index in [9.17, 15) is 14.3 Å². The van der Waals surface area contributed by atoms with Crippen LogP contribution in [-0.2, 0) is 11.3 Å². The fourth-order valence-electron chi connectivity index (χ4n) is 5.34. The van der Waals surface area contributed by atoms with E-state index >= 15 is 0 Å². The summed E-state index contributed by atoms with van der Waals surface area (Å²) in [6.07, 6.45) is 3.02. The van der Waals surface area contributed by atoms with Gasteiger partial charge < -0.3 is 10.0 Å². The molecule has 3 aliphatic rings. The lowest BCUT2D eigenvalue weighted by Gasteiger charge is -2.71. The van der Waals surface area contributed by atoms with Crippen molar-refractivity contribution in [2.75, 3.05) is 19.7 Å². The third-order valence-corrected chi connectivity index (χ3v) is 6.97. The second kappa shape index (κ2) is 7.22. The van der Waals surface area contributed by atoms with E-state index in [1.165, 1.54) is 24.5 Å². The first-order valence-electron chi connectivity index (χ1n) is 10.6. The van der Waals surface area contributed by atoms with Crippen LogP contribution in [0.25, 0.3) is 0 Å². The van der Waals surface area contributed by atoms with E-state index < -0.39 is 0 Å². The molecular formula is C24H27FN2O2. The Balaban J connectivity index is 1.40. The van der Waals surface area contributed by atoms with Gasteiger partial charge in [0.25, 0.3) is 0 Å². The number of likely N-dealkylation sites (tertiary alicyclic amines) is 2. The average Bonchev–Trinajstić information content (AvgIpc) is 3.49. The van der Waals surface area contributed by atoms with Crippen molar-refractivity contribution in [2.24, 2.45) is 5.92 Å². The summed E-state index contributed by atoms with van der Waals surface area (Å²) in [5.74, 6) is 0.765. The number of hydrogen-bond acceptors (Lipinski definition) is 3. The molecule has 2 atom stereocenters. The number of carbonyl (C=O) groups is 1. The molecule has 2 saturated heterocycles. The van der Waals surface area contributed by atoms with E-state index in [1.807, 2.05) is 29.2 Å². The highest BCUT2D eigenvalue weighted by molar-refractivity contribution is 5.78. The molecule has 0 unspecified atom stereocenters. The van der Waals surface area contributed by atoms with Crippen LogP contribution in [0.15, 0.2) is 54.6 Å². The number of nitrogens with zero attached hydrogens (tertiary/aromatic N) is 2. The summed E-state index contributed by atoms with van der Waals surface area (Å²) in [5.41, 5.74) is 1.92. The minimum absolute atomic E-state index is 0.0265. The first-order chi connectivity index (χ1) is 14.1. The van der Waals surface area contributed by atoms with Crippen molar-refractivity contribution < 1.29 is 14.3 Å². The number of aliphatic hydroxyl groups excluding tert-OH is 1. The molecule has 29 heavy (non-hydrogen) atoms. The number of halogens is 1. The first-order valence-corrected chi connectivity index (χ1v) is 10.6. The van der Waals surface area contributed by atoms with Gasteiger partial charge in [0.05, 0.1) is 12.1 Å². The molecule has 0 radical (unpaired) electrons. The van der Waals surface area contributed by atoms with Crippen molar-refractivity contribution in [3.63, 3.8) is 0 Å². The Kier molecular flexibility index (Phi) is 4.67. The van der Waals surface area contributed by atoms with Crippen molar-refractivity contribution in [2.45, 2.75) is 43.3 Å². The molecule has 152 valence electrons. The predicted octanol–water partition coefficient (Wildman–Crippen LogP) is 3.17. The highest BCUT2D eigenvalue weighted by Gasteiger charge is 2.66. The van der Waals surface area contributed by atoms with Crippen LogP contribution in [0.4, 0.5) is 4.39 Å². The predicted molar refractivity (Wildman–Crippen MR) is 109 cm³/mol. The van der Waals surface area contributed by atoms with Crippen LogP contribution in [0.1, 0.15) is 36.3 Å². The van der Waals surface area contributed by atoms with Gasteiger partial charge in [0.2, 0.25) is 5.91 Å². The van der Waals surface area contributed by atoms with Crippen LogP contribution in [0.2, 0.25) is 0 Å². The number of carbonyl (C=O) groups excluding carboxylic acids is 1. The van der Waals surface area contributed by atoms with Gasteiger partial charge in [-0.05, 0) is 42.0 Å². The zero-order valence-corrected chi connectivity index (χ0v) is 16.5. The van der Waals surface area contributed by atoms with Gasteiger partial charge in [-0.3, -0.25) is 9.69 Å².